The van der Waals surface area contributed by atoms with Crippen LogP contribution in [0.4, 0.5) is 0 Å². The van der Waals surface area contributed by atoms with Gasteiger partial charge in [-0.05, 0) is 56.3 Å². The number of rotatable bonds is 3. The van der Waals surface area contributed by atoms with E-state index in [0.29, 0.717) is 43.8 Å². The topological polar surface area (TPSA) is 52.6 Å². The smallest absolute Gasteiger partial charge is 0.343 e. The first-order valence-electron chi connectivity index (χ1n) is 9.16. The van der Waals surface area contributed by atoms with Crippen molar-refractivity contribution < 1.29 is 19.1 Å². The van der Waals surface area contributed by atoms with Crippen LogP contribution in [0.25, 0.3) is 6.08 Å². The first kappa shape index (κ1) is 20.2. The summed E-state index contributed by atoms with van der Waals surface area (Å²) >= 11 is 12.4. The molecule has 1 heterocycles. The summed E-state index contributed by atoms with van der Waals surface area (Å²) in [7, 11) is 0. The molecule has 0 atom stereocenters. The third-order valence-corrected chi connectivity index (χ3v) is 5.43. The largest absolute Gasteiger partial charge is 0.452 e. The number of allylic oxidation sites excluding steroid dienone is 1. The van der Waals surface area contributed by atoms with Crippen LogP contribution in [0.15, 0.2) is 60.4 Å². The SMILES string of the molecule is Cc1cccc(C(=O)Oc2ccc3c(c2C)O/C(=C\c2c(Cl)cccc2Cl)C3=O)c1. The Balaban J connectivity index is 1.65. The standard InChI is InChI=1S/C24H16Cl2O4/c1-13-5-3-6-15(11-13)24(28)30-20-10-9-16-22(27)21(29-23(16)14(20)2)12-17-18(25)7-4-8-19(17)26/h3-12H,1-2H3/b21-12-. The molecule has 3 aromatic rings. The lowest BCUT2D eigenvalue weighted by atomic mass is 10.1. The number of carbonyl (C=O) groups excluding carboxylic acids is 2. The fourth-order valence-electron chi connectivity index (χ4n) is 3.19. The van der Waals surface area contributed by atoms with Gasteiger partial charge in [-0.1, -0.05) is 47.0 Å². The van der Waals surface area contributed by atoms with E-state index in [1.807, 2.05) is 13.0 Å². The van der Waals surface area contributed by atoms with E-state index in [2.05, 4.69) is 0 Å². The molecule has 0 unspecified atom stereocenters. The third kappa shape index (κ3) is 3.72. The van der Waals surface area contributed by atoms with Crippen LogP contribution >= 0.6 is 23.2 Å². The van der Waals surface area contributed by atoms with Gasteiger partial charge in [0.1, 0.15) is 11.5 Å². The molecule has 4 nitrogen and oxygen atoms in total. The van der Waals surface area contributed by atoms with Crippen molar-refractivity contribution in [2.45, 2.75) is 13.8 Å². The Bertz CT molecular complexity index is 1210. The Morgan fingerprint density at radius 2 is 1.70 bits per heavy atom. The predicted molar refractivity (Wildman–Crippen MR) is 117 cm³/mol. The van der Waals surface area contributed by atoms with Crippen LogP contribution < -0.4 is 9.47 Å². The van der Waals surface area contributed by atoms with Gasteiger partial charge in [0.05, 0.1) is 11.1 Å². The van der Waals surface area contributed by atoms with Gasteiger partial charge >= 0.3 is 5.97 Å². The molecule has 1 aliphatic heterocycles. The second kappa shape index (κ2) is 7.98. The van der Waals surface area contributed by atoms with E-state index in [9.17, 15) is 9.59 Å². The zero-order chi connectivity index (χ0) is 21.4. The lowest BCUT2D eigenvalue weighted by Crippen LogP contribution is -2.09. The Morgan fingerprint density at radius 1 is 1.00 bits per heavy atom. The number of hydrogen-bond acceptors (Lipinski definition) is 4. The van der Waals surface area contributed by atoms with Crippen LogP contribution in [0.5, 0.6) is 11.5 Å². The van der Waals surface area contributed by atoms with Crippen molar-refractivity contribution in [1.82, 2.24) is 0 Å². The van der Waals surface area contributed by atoms with Crippen LogP contribution in [-0.2, 0) is 0 Å². The predicted octanol–water partition coefficient (Wildman–Crippen LogP) is 6.45. The van der Waals surface area contributed by atoms with E-state index in [0.717, 1.165) is 5.56 Å². The number of Topliss-reactive ketones (excluding diaryl/α,β-unsaturated/α-hetero) is 1. The van der Waals surface area contributed by atoms with Crippen LogP contribution in [0.2, 0.25) is 10.0 Å². The maximum atomic E-state index is 12.8. The highest BCUT2D eigenvalue weighted by atomic mass is 35.5. The van der Waals surface area contributed by atoms with Crippen molar-refractivity contribution in [2.75, 3.05) is 0 Å². The summed E-state index contributed by atoms with van der Waals surface area (Å²) in [5, 5.41) is 0.818. The fourth-order valence-corrected chi connectivity index (χ4v) is 3.70. The Kier molecular flexibility index (Phi) is 5.37. The third-order valence-electron chi connectivity index (χ3n) is 4.77. The maximum Gasteiger partial charge on any atom is 0.343 e. The van der Waals surface area contributed by atoms with Gasteiger partial charge in [-0.15, -0.1) is 0 Å². The van der Waals surface area contributed by atoms with Gasteiger partial charge in [0, 0.05) is 21.2 Å². The highest BCUT2D eigenvalue weighted by Gasteiger charge is 2.31. The van der Waals surface area contributed by atoms with Gasteiger partial charge in [-0.2, -0.15) is 0 Å². The molecule has 1 aliphatic rings. The van der Waals surface area contributed by atoms with Gasteiger partial charge in [0.15, 0.2) is 5.76 Å². The summed E-state index contributed by atoms with van der Waals surface area (Å²) in [6.45, 7) is 3.63. The summed E-state index contributed by atoms with van der Waals surface area (Å²) in [5.41, 5.74) is 2.84. The zero-order valence-corrected chi connectivity index (χ0v) is 17.7. The number of carbonyl (C=O) groups is 2. The van der Waals surface area contributed by atoms with Gasteiger partial charge < -0.3 is 9.47 Å². The minimum Gasteiger partial charge on any atom is -0.452 e. The summed E-state index contributed by atoms with van der Waals surface area (Å²) in [6, 6.07) is 15.4. The summed E-state index contributed by atoms with van der Waals surface area (Å²) in [4.78, 5) is 25.3. The van der Waals surface area contributed by atoms with Crippen LogP contribution in [0.3, 0.4) is 0 Å². The minimum absolute atomic E-state index is 0.102. The van der Waals surface area contributed by atoms with E-state index in [-0.39, 0.29) is 11.5 Å². The highest BCUT2D eigenvalue weighted by Crippen LogP contribution is 2.40. The van der Waals surface area contributed by atoms with Crippen molar-refractivity contribution in [3.63, 3.8) is 0 Å². The van der Waals surface area contributed by atoms with E-state index in [4.69, 9.17) is 32.7 Å². The Morgan fingerprint density at radius 3 is 2.40 bits per heavy atom. The average molecular weight is 439 g/mol. The number of esters is 1. The number of ketones is 1. The fraction of sp³-hybridized carbons (Fsp3) is 0.0833. The molecule has 0 radical (unpaired) electrons. The van der Waals surface area contributed by atoms with Gasteiger partial charge in [0.2, 0.25) is 5.78 Å². The molecule has 0 saturated carbocycles. The second-order valence-electron chi connectivity index (χ2n) is 6.90. The van der Waals surface area contributed by atoms with Crippen LogP contribution in [-0.4, -0.2) is 11.8 Å². The van der Waals surface area contributed by atoms with Crippen molar-refractivity contribution in [2.24, 2.45) is 0 Å². The zero-order valence-electron chi connectivity index (χ0n) is 16.2. The molecule has 0 amide bonds. The molecule has 3 aromatic carbocycles. The first-order valence-corrected chi connectivity index (χ1v) is 9.91. The normalized spacial score (nSPS) is 13.9. The lowest BCUT2D eigenvalue weighted by Gasteiger charge is -2.10. The molecule has 0 saturated heterocycles. The highest BCUT2D eigenvalue weighted by molar-refractivity contribution is 6.37. The van der Waals surface area contributed by atoms with Crippen LogP contribution in [0, 0.1) is 13.8 Å². The number of fused-ring (bicyclic) bond motifs is 1. The van der Waals surface area contributed by atoms with Gasteiger partial charge in [0.25, 0.3) is 0 Å². The number of hydrogen-bond donors (Lipinski definition) is 0. The number of benzene rings is 3. The monoisotopic (exact) mass is 438 g/mol. The molecule has 30 heavy (non-hydrogen) atoms. The van der Waals surface area contributed by atoms with Crippen molar-refractivity contribution in [3.05, 3.63) is 98.2 Å². The molecule has 150 valence electrons. The first-order chi connectivity index (χ1) is 14.3. The van der Waals surface area contributed by atoms with Gasteiger partial charge in [-0.25, -0.2) is 4.79 Å². The van der Waals surface area contributed by atoms with E-state index in [1.165, 1.54) is 6.08 Å². The molecule has 4 rings (SSSR count). The minimum atomic E-state index is -0.482. The molecule has 0 aromatic heterocycles. The Hall–Kier alpha value is -3.08. The van der Waals surface area contributed by atoms with Gasteiger partial charge in [-0.3, -0.25) is 4.79 Å². The molecule has 0 aliphatic carbocycles. The summed E-state index contributed by atoms with van der Waals surface area (Å²) in [5.74, 6) is 0.00430. The Labute approximate surface area is 183 Å². The molecule has 0 spiro atoms. The molecular weight excluding hydrogens is 423 g/mol. The van der Waals surface area contributed by atoms with Crippen molar-refractivity contribution in [1.29, 1.82) is 0 Å². The van der Waals surface area contributed by atoms with E-state index in [1.54, 1.807) is 55.5 Å². The average Bonchev–Trinajstić information content (AvgIpc) is 3.03. The number of aryl methyl sites for hydroxylation is 1. The van der Waals surface area contributed by atoms with Crippen molar-refractivity contribution >= 4 is 41.0 Å². The maximum absolute atomic E-state index is 12.8. The summed E-state index contributed by atoms with van der Waals surface area (Å²) in [6.07, 6.45) is 1.52. The van der Waals surface area contributed by atoms with E-state index >= 15 is 0 Å². The summed E-state index contributed by atoms with van der Waals surface area (Å²) < 4.78 is 11.4. The number of halogens is 2. The van der Waals surface area contributed by atoms with Crippen LogP contribution in [0.1, 0.15) is 37.4 Å². The number of ether oxygens (including phenoxy) is 2. The van der Waals surface area contributed by atoms with Crippen molar-refractivity contribution in [3.8, 4) is 11.5 Å². The molecule has 0 N–H and O–H groups in total. The molecular formula is C24H16Cl2O4. The quantitative estimate of drug-likeness (QED) is 0.268. The molecule has 0 bridgehead atoms. The lowest BCUT2D eigenvalue weighted by molar-refractivity contribution is 0.0733. The molecule has 0 fully saturated rings. The second-order valence-corrected chi connectivity index (χ2v) is 7.71. The molecule has 6 heteroatoms. The van der Waals surface area contributed by atoms with E-state index < -0.39 is 5.97 Å².